The third-order valence-electron chi connectivity index (χ3n) is 3.80. The minimum absolute atomic E-state index is 0.191. The van der Waals surface area contributed by atoms with E-state index in [9.17, 15) is 9.90 Å². The van der Waals surface area contributed by atoms with E-state index in [0.29, 0.717) is 11.9 Å². The van der Waals surface area contributed by atoms with Crippen molar-refractivity contribution in [3.63, 3.8) is 0 Å². The molecular formula is C13H16N2O3. The maximum absolute atomic E-state index is 11.3. The molecule has 2 saturated heterocycles. The molecular weight excluding hydrogens is 232 g/mol. The third-order valence-corrected chi connectivity index (χ3v) is 3.80. The summed E-state index contributed by atoms with van der Waals surface area (Å²) in [6.45, 7) is 1.79. The molecule has 18 heavy (non-hydrogen) atoms. The first-order valence-corrected chi connectivity index (χ1v) is 6.26. The summed E-state index contributed by atoms with van der Waals surface area (Å²) in [5.41, 5.74) is 0.990. The van der Waals surface area contributed by atoms with Crippen molar-refractivity contribution in [1.29, 1.82) is 0 Å². The molecule has 0 spiro atoms. The largest absolute Gasteiger partial charge is 0.478 e. The molecule has 2 aliphatic rings. The van der Waals surface area contributed by atoms with Gasteiger partial charge in [-0.3, -0.25) is 0 Å². The van der Waals surface area contributed by atoms with Gasteiger partial charge >= 0.3 is 5.97 Å². The van der Waals surface area contributed by atoms with Crippen molar-refractivity contribution in [3.05, 3.63) is 23.4 Å². The summed E-state index contributed by atoms with van der Waals surface area (Å²) >= 11 is 0. The van der Waals surface area contributed by atoms with Crippen LogP contribution in [0.4, 0.5) is 5.82 Å². The van der Waals surface area contributed by atoms with E-state index in [0.717, 1.165) is 24.8 Å². The number of nitrogens with one attached hydrogen (secondary N) is 1. The summed E-state index contributed by atoms with van der Waals surface area (Å²) in [5.74, 6) is -0.476. The molecule has 5 nitrogen and oxygen atoms in total. The lowest BCUT2D eigenvalue weighted by molar-refractivity contribution is 0.0696. The van der Waals surface area contributed by atoms with E-state index < -0.39 is 5.97 Å². The molecule has 0 radical (unpaired) electrons. The normalized spacial score (nSPS) is 29.5. The lowest BCUT2D eigenvalue weighted by Gasteiger charge is -2.21. The van der Waals surface area contributed by atoms with Crippen molar-refractivity contribution in [1.82, 2.24) is 4.98 Å². The lowest BCUT2D eigenvalue weighted by atomic mass is 9.95. The van der Waals surface area contributed by atoms with Crippen LogP contribution in [0.2, 0.25) is 0 Å². The first-order chi connectivity index (χ1) is 8.65. The van der Waals surface area contributed by atoms with Crippen LogP contribution in [0.3, 0.4) is 0 Å². The van der Waals surface area contributed by atoms with Crippen LogP contribution in [0.15, 0.2) is 12.3 Å². The summed E-state index contributed by atoms with van der Waals surface area (Å²) in [7, 11) is 0. The SMILES string of the molecule is Cc1ccnc(NC2CC3CCC2O3)c1C(=O)O. The Bertz CT molecular complexity index is 489. The van der Waals surface area contributed by atoms with Crippen molar-refractivity contribution >= 4 is 11.8 Å². The van der Waals surface area contributed by atoms with Crippen molar-refractivity contribution < 1.29 is 14.6 Å². The van der Waals surface area contributed by atoms with E-state index in [1.165, 1.54) is 0 Å². The molecule has 0 saturated carbocycles. The van der Waals surface area contributed by atoms with Crippen LogP contribution in [0.5, 0.6) is 0 Å². The van der Waals surface area contributed by atoms with Crippen LogP contribution in [-0.4, -0.2) is 34.3 Å². The van der Waals surface area contributed by atoms with Gasteiger partial charge in [0.25, 0.3) is 0 Å². The summed E-state index contributed by atoms with van der Waals surface area (Å²) < 4.78 is 5.75. The van der Waals surface area contributed by atoms with E-state index in [1.807, 2.05) is 0 Å². The van der Waals surface area contributed by atoms with Crippen LogP contribution >= 0.6 is 0 Å². The fraction of sp³-hybridized carbons (Fsp3) is 0.538. The molecule has 3 atom stereocenters. The van der Waals surface area contributed by atoms with E-state index in [-0.39, 0.29) is 17.7 Å². The molecule has 0 aromatic carbocycles. The fourth-order valence-electron chi connectivity index (χ4n) is 2.90. The Morgan fingerprint density at radius 2 is 2.39 bits per heavy atom. The monoisotopic (exact) mass is 248 g/mol. The minimum Gasteiger partial charge on any atom is -0.478 e. The molecule has 2 N–H and O–H groups in total. The average Bonchev–Trinajstić information content (AvgIpc) is 2.90. The summed E-state index contributed by atoms with van der Waals surface area (Å²) in [6.07, 6.45) is 5.30. The molecule has 96 valence electrons. The summed E-state index contributed by atoms with van der Waals surface area (Å²) in [4.78, 5) is 15.4. The molecule has 0 amide bonds. The molecule has 5 heteroatoms. The number of aryl methyl sites for hydroxylation is 1. The van der Waals surface area contributed by atoms with Gasteiger partial charge in [0.05, 0.1) is 18.2 Å². The number of nitrogens with zero attached hydrogens (tertiary/aromatic N) is 1. The number of fused-ring (bicyclic) bond motifs is 2. The van der Waals surface area contributed by atoms with E-state index in [1.54, 1.807) is 19.2 Å². The van der Waals surface area contributed by atoms with Crippen molar-refractivity contribution in [2.75, 3.05) is 5.32 Å². The number of anilines is 1. The third kappa shape index (κ3) is 1.84. The van der Waals surface area contributed by atoms with Crippen LogP contribution in [-0.2, 0) is 4.74 Å². The molecule has 1 aromatic heterocycles. The zero-order chi connectivity index (χ0) is 12.7. The molecule has 3 heterocycles. The fourth-order valence-corrected chi connectivity index (χ4v) is 2.90. The highest BCUT2D eigenvalue weighted by Crippen LogP contribution is 2.36. The Morgan fingerprint density at radius 1 is 1.56 bits per heavy atom. The average molecular weight is 248 g/mol. The topological polar surface area (TPSA) is 71.5 Å². The molecule has 1 aromatic rings. The van der Waals surface area contributed by atoms with Crippen LogP contribution in [0.1, 0.15) is 35.2 Å². The predicted molar refractivity (Wildman–Crippen MR) is 65.9 cm³/mol. The maximum atomic E-state index is 11.3. The second-order valence-corrected chi connectivity index (χ2v) is 5.02. The molecule has 0 aliphatic carbocycles. The lowest BCUT2D eigenvalue weighted by Crippen LogP contribution is -2.31. The molecule has 3 unspecified atom stereocenters. The van der Waals surface area contributed by atoms with Gasteiger partial charge in [-0.2, -0.15) is 0 Å². The van der Waals surface area contributed by atoms with Gasteiger partial charge in [0.15, 0.2) is 0 Å². The first kappa shape index (κ1) is 11.5. The zero-order valence-corrected chi connectivity index (χ0v) is 10.2. The highest BCUT2D eigenvalue weighted by atomic mass is 16.5. The number of carboxylic acid groups (broad SMARTS) is 1. The Balaban J connectivity index is 1.84. The summed E-state index contributed by atoms with van der Waals surface area (Å²) in [5, 5.41) is 12.5. The van der Waals surface area contributed by atoms with Gasteiger partial charge in [0.2, 0.25) is 0 Å². The number of carbonyl (C=O) groups is 1. The van der Waals surface area contributed by atoms with Crippen molar-refractivity contribution in [3.8, 4) is 0 Å². The highest BCUT2D eigenvalue weighted by molar-refractivity contribution is 5.94. The molecule has 3 rings (SSSR count). The maximum Gasteiger partial charge on any atom is 0.339 e. The second-order valence-electron chi connectivity index (χ2n) is 5.02. The number of aromatic carboxylic acids is 1. The first-order valence-electron chi connectivity index (χ1n) is 6.26. The van der Waals surface area contributed by atoms with Crippen LogP contribution in [0.25, 0.3) is 0 Å². The number of pyridine rings is 1. The number of aromatic nitrogens is 1. The quantitative estimate of drug-likeness (QED) is 0.853. The number of carboxylic acids is 1. The van der Waals surface area contributed by atoms with Crippen molar-refractivity contribution in [2.45, 2.75) is 44.4 Å². The van der Waals surface area contributed by atoms with Gasteiger partial charge in [-0.25, -0.2) is 9.78 Å². The minimum atomic E-state index is -0.938. The standard InChI is InChI=1S/C13H16N2O3/c1-7-4-5-14-12(11(7)13(16)17)15-9-6-8-2-3-10(9)18-8/h4-5,8-10H,2-3,6H2,1H3,(H,14,15)(H,16,17). The van der Waals surface area contributed by atoms with Crippen molar-refractivity contribution in [2.24, 2.45) is 0 Å². The number of hydrogen-bond donors (Lipinski definition) is 2. The van der Waals surface area contributed by atoms with Gasteiger partial charge in [0, 0.05) is 6.20 Å². The van der Waals surface area contributed by atoms with Gasteiger partial charge in [-0.1, -0.05) is 0 Å². The van der Waals surface area contributed by atoms with Gasteiger partial charge < -0.3 is 15.2 Å². The van der Waals surface area contributed by atoms with E-state index >= 15 is 0 Å². The zero-order valence-electron chi connectivity index (χ0n) is 10.2. The number of rotatable bonds is 3. The van der Waals surface area contributed by atoms with E-state index in [2.05, 4.69) is 10.3 Å². The summed E-state index contributed by atoms with van der Waals surface area (Å²) in [6, 6.07) is 1.91. The second kappa shape index (κ2) is 4.24. The van der Waals surface area contributed by atoms with Gasteiger partial charge in [0.1, 0.15) is 11.4 Å². The molecule has 2 bridgehead atoms. The van der Waals surface area contributed by atoms with Crippen LogP contribution in [0, 0.1) is 6.92 Å². The Hall–Kier alpha value is -1.62. The Kier molecular flexibility index (Phi) is 2.70. The molecule has 2 aliphatic heterocycles. The highest BCUT2D eigenvalue weighted by Gasteiger charge is 2.41. The van der Waals surface area contributed by atoms with E-state index in [4.69, 9.17) is 4.74 Å². The number of hydrogen-bond acceptors (Lipinski definition) is 4. The molecule has 2 fully saturated rings. The predicted octanol–water partition coefficient (Wildman–Crippen LogP) is 1.82. The van der Waals surface area contributed by atoms with Crippen LogP contribution < -0.4 is 5.32 Å². The Morgan fingerprint density at radius 3 is 3.00 bits per heavy atom. The number of ether oxygens (including phenoxy) is 1. The smallest absolute Gasteiger partial charge is 0.339 e. The van der Waals surface area contributed by atoms with Gasteiger partial charge in [-0.05, 0) is 37.8 Å². The van der Waals surface area contributed by atoms with Gasteiger partial charge in [-0.15, -0.1) is 0 Å². The Labute approximate surface area is 105 Å².